The van der Waals surface area contributed by atoms with E-state index in [9.17, 15) is 9.59 Å². The number of carbonyl (C=O) groups is 1. The molecule has 7 heteroatoms. The number of anilines is 1. The predicted molar refractivity (Wildman–Crippen MR) is 95.7 cm³/mol. The van der Waals surface area contributed by atoms with Gasteiger partial charge >= 0.3 is 0 Å². The van der Waals surface area contributed by atoms with E-state index in [1.165, 1.54) is 17.1 Å². The molecule has 3 heterocycles. The molecule has 1 aliphatic heterocycles. The number of aryl methyl sites for hydroxylation is 2. The van der Waals surface area contributed by atoms with Crippen LogP contribution >= 0.6 is 0 Å². The molecule has 132 valence electrons. The summed E-state index contributed by atoms with van der Waals surface area (Å²) in [5.74, 6) is 0.330. The van der Waals surface area contributed by atoms with Gasteiger partial charge < -0.3 is 14.8 Å². The molecule has 1 N–H and O–H groups in total. The van der Waals surface area contributed by atoms with Crippen LogP contribution < -0.4 is 15.8 Å². The molecule has 3 rings (SSSR count). The van der Waals surface area contributed by atoms with E-state index in [-0.39, 0.29) is 17.7 Å². The van der Waals surface area contributed by atoms with Crippen LogP contribution in [0.25, 0.3) is 0 Å². The van der Waals surface area contributed by atoms with Gasteiger partial charge in [0, 0.05) is 32.0 Å². The van der Waals surface area contributed by atoms with Crippen molar-refractivity contribution in [3.63, 3.8) is 0 Å². The van der Waals surface area contributed by atoms with Gasteiger partial charge in [-0.15, -0.1) is 0 Å². The van der Waals surface area contributed by atoms with Gasteiger partial charge in [0.15, 0.2) is 0 Å². The summed E-state index contributed by atoms with van der Waals surface area (Å²) in [4.78, 5) is 35.6. The lowest BCUT2D eigenvalue weighted by Crippen LogP contribution is -2.33. The molecule has 0 saturated carbocycles. The maximum Gasteiger partial charge on any atom is 0.263 e. The molecule has 1 aliphatic rings. The zero-order chi connectivity index (χ0) is 17.8. The van der Waals surface area contributed by atoms with Gasteiger partial charge in [0.25, 0.3) is 11.5 Å². The molecule has 1 amide bonds. The Labute approximate surface area is 146 Å². The number of carbonyl (C=O) groups excluding carboxylic acids is 1. The second-order valence-electron chi connectivity index (χ2n) is 6.37. The third kappa shape index (κ3) is 4.04. The number of hydrogen-bond donors (Lipinski definition) is 1. The highest BCUT2D eigenvalue weighted by molar-refractivity contribution is 5.93. The second kappa shape index (κ2) is 7.46. The third-order valence-corrected chi connectivity index (χ3v) is 4.33. The summed E-state index contributed by atoms with van der Waals surface area (Å²) in [5.41, 5.74) is 1.43. The minimum atomic E-state index is -0.392. The molecule has 1 fully saturated rings. The van der Waals surface area contributed by atoms with Crippen molar-refractivity contribution in [2.75, 3.05) is 18.0 Å². The smallest absolute Gasteiger partial charge is 0.263 e. The van der Waals surface area contributed by atoms with E-state index in [2.05, 4.69) is 20.2 Å². The van der Waals surface area contributed by atoms with Crippen molar-refractivity contribution in [3.05, 3.63) is 51.7 Å². The molecule has 2 aromatic heterocycles. The molecule has 0 aliphatic carbocycles. The maximum absolute atomic E-state index is 12.3. The Morgan fingerprint density at radius 1 is 1.24 bits per heavy atom. The van der Waals surface area contributed by atoms with Crippen LogP contribution in [-0.2, 0) is 13.6 Å². The fourth-order valence-electron chi connectivity index (χ4n) is 2.98. The van der Waals surface area contributed by atoms with Crippen molar-refractivity contribution in [2.24, 2.45) is 7.05 Å². The number of rotatable bonds is 4. The molecule has 0 radical (unpaired) electrons. The normalized spacial score (nSPS) is 14.4. The highest BCUT2D eigenvalue weighted by atomic mass is 16.2. The summed E-state index contributed by atoms with van der Waals surface area (Å²) in [6.07, 6.45) is 5.18. The lowest BCUT2D eigenvalue weighted by atomic mass is 10.1. The molecule has 1 saturated heterocycles. The van der Waals surface area contributed by atoms with Gasteiger partial charge in [-0.05, 0) is 44.4 Å². The Morgan fingerprint density at radius 2 is 2.00 bits per heavy atom. The minimum absolute atomic E-state index is 0.132. The lowest BCUT2D eigenvalue weighted by Gasteiger charge is -2.27. The van der Waals surface area contributed by atoms with Crippen molar-refractivity contribution in [3.8, 4) is 0 Å². The number of aromatic nitrogens is 3. The Hall–Kier alpha value is -2.70. The van der Waals surface area contributed by atoms with Gasteiger partial charge in [-0.1, -0.05) is 0 Å². The van der Waals surface area contributed by atoms with Crippen molar-refractivity contribution in [2.45, 2.75) is 32.7 Å². The predicted octanol–water partition coefficient (Wildman–Crippen LogP) is 1.40. The molecule has 7 nitrogen and oxygen atoms in total. The summed E-state index contributed by atoms with van der Waals surface area (Å²) in [6.45, 7) is 4.12. The Kier molecular flexibility index (Phi) is 5.11. The van der Waals surface area contributed by atoms with E-state index in [4.69, 9.17) is 0 Å². The lowest BCUT2D eigenvalue weighted by molar-refractivity contribution is 0.0948. The molecule has 0 unspecified atom stereocenters. The SMILES string of the molecule is Cc1cc(CNC(=O)c2cccn(C)c2=O)nc(N2CCCCC2)n1. The van der Waals surface area contributed by atoms with Crippen LogP contribution in [0.3, 0.4) is 0 Å². The summed E-state index contributed by atoms with van der Waals surface area (Å²) in [6, 6.07) is 5.07. The number of hydrogen-bond acceptors (Lipinski definition) is 5. The molecular weight excluding hydrogens is 318 g/mol. The van der Waals surface area contributed by atoms with E-state index in [0.717, 1.165) is 43.3 Å². The first-order valence-electron chi connectivity index (χ1n) is 8.58. The number of nitrogens with zero attached hydrogens (tertiary/aromatic N) is 4. The summed E-state index contributed by atoms with van der Waals surface area (Å²) >= 11 is 0. The first-order chi connectivity index (χ1) is 12.0. The van der Waals surface area contributed by atoms with Crippen LogP contribution in [0.2, 0.25) is 0 Å². The first-order valence-corrected chi connectivity index (χ1v) is 8.58. The second-order valence-corrected chi connectivity index (χ2v) is 6.37. The van der Waals surface area contributed by atoms with E-state index in [1.54, 1.807) is 19.3 Å². The van der Waals surface area contributed by atoms with E-state index in [1.807, 2.05) is 13.0 Å². The van der Waals surface area contributed by atoms with Gasteiger partial charge in [-0.2, -0.15) is 0 Å². The van der Waals surface area contributed by atoms with Gasteiger partial charge in [-0.3, -0.25) is 9.59 Å². The highest BCUT2D eigenvalue weighted by Crippen LogP contribution is 2.16. The number of nitrogens with one attached hydrogen (secondary N) is 1. The minimum Gasteiger partial charge on any atom is -0.346 e. The van der Waals surface area contributed by atoms with Gasteiger partial charge in [0.2, 0.25) is 5.95 Å². The average Bonchev–Trinajstić information content (AvgIpc) is 2.62. The largest absolute Gasteiger partial charge is 0.346 e. The van der Waals surface area contributed by atoms with Crippen molar-refractivity contribution in [1.29, 1.82) is 0 Å². The topological polar surface area (TPSA) is 80.1 Å². The zero-order valence-corrected chi connectivity index (χ0v) is 14.7. The standard InChI is InChI=1S/C18H23N5O2/c1-13-11-14(21-18(20-13)23-9-4-3-5-10-23)12-19-16(24)15-7-6-8-22(2)17(15)25/h6-8,11H,3-5,9-10,12H2,1-2H3,(H,19,24). The molecule has 2 aromatic rings. The fraction of sp³-hybridized carbons (Fsp3) is 0.444. The van der Waals surface area contributed by atoms with Crippen LogP contribution in [-0.4, -0.2) is 33.5 Å². The molecule has 0 atom stereocenters. The number of piperidine rings is 1. The van der Waals surface area contributed by atoms with Crippen LogP contribution in [0.4, 0.5) is 5.95 Å². The van der Waals surface area contributed by atoms with Gasteiger partial charge in [0.1, 0.15) is 5.56 Å². The fourth-order valence-corrected chi connectivity index (χ4v) is 2.98. The first kappa shape index (κ1) is 17.1. The zero-order valence-electron chi connectivity index (χ0n) is 14.7. The Balaban J connectivity index is 1.72. The quantitative estimate of drug-likeness (QED) is 0.909. The van der Waals surface area contributed by atoms with Crippen molar-refractivity contribution >= 4 is 11.9 Å². The molecule has 0 bridgehead atoms. The van der Waals surface area contributed by atoms with Gasteiger partial charge in [0.05, 0.1) is 12.2 Å². The van der Waals surface area contributed by atoms with Gasteiger partial charge in [-0.25, -0.2) is 9.97 Å². The monoisotopic (exact) mass is 341 g/mol. The van der Waals surface area contributed by atoms with Crippen LogP contribution in [0.5, 0.6) is 0 Å². The summed E-state index contributed by atoms with van der Waals surface area (Å²) in [5, 5.41) is 2.78. The summed E-state index contributed by atoms with van der Waals surface area (Å²) in [7, 11) is 1.62. The summed E-state index contributed by atoms with van der Waals surface area (Å²) < 4.78 is 1.39. The Bertz CT molecular complexity index is 824. The molecule has 25 heavy (non-hydrogen) atoms. The van der Waals surface area contributed by atoms with Crippen LogP contribution in [0, 0.1) is 6.92 Å². The number of pyridine rings is 1. The molecular formula is C18H23N5O2. The third-order valence-electron chi connectivity index (χ3n) is 4.33. The molecule has 0 spiro atoms. The van der Waals surface area contributed by atoms with Crippen LogP contribution in [0.1, 0.15) is 41.0 Å². The number of amides is 1. The molecule has 0 aromatic carbocycles. The van der Waals surface area contributed by atoms with E-state index < -0.39 is 5.91 Å². The van der Waals surface area contributed by atoms with Crippen molar-refractivity contribution in [1.82, 2.24) is 19.9 Å². The van der Waals surface area contributed by atoms with Crippen molar-refractivity contribution < 1.29 is 4.79 Å². The average molecular weight is 341 g/mol. The van der Waals surface area contributed by atoms with Crippen LogP contribution in [0.15, 0.2) is 29.2 Å². The Morgan fingerprint density at radius 3 is 2.76 bits per heavy atom. The highest BCUT2D eigenvalue weighted by Gasteiger charge is 2.15. The van der Waals surface area contributed by atoms with E-state index >= 15 is 0 Å². The van der Waals surface area contributed by atoms with E-state index in [0.29, 0.717) is 0 Å². The maximum atomic E-state index is 12.3.